The molecule has 2 aromatic carbocycles. The summed E-state index contributed by atoms with van der Waals surface area (Å²) >= 11 is 0. The highest BCUT2D eigenvalue weighted by Gasteiger charge is 2.30. The van der Waals surface area contributed by atoms with E-state index in [-0.39, 0.29) is 40.2 Å². The van der Waals surface area contributed by atoms with Crippen LogP contribution < -0.4 is 5.73 Å². The topological polar surface area (TPSA) is 107 Å². The summed E-state index contributed by atoms with van der Waals surface area (Å²) in [5.41, 5.74) is 7.28. The van der Waals surface area contributed by atoms with Gasteiger partial charge in [0.2, 0.25) is 5.91 Å². The molecule has 1 aliphatic rings. The van der Waals surface area contributed by atoms with Gasteiger partial charge in [-0.15, -0.1) is 0 Å². The molecule has 1 unspecified atom stereocenters. The van der Waals surface area contributed by atoms with E-state index in [0.29, 0.717) is 30.5 Å². The Hall–Kier alpha value is -4.47. The summed E-state index contributed by atoms with van der Waals surface area (Å²) in [7, 11) is 0. The molecular weight excluding hydrogens is 454 g/mol. The van der Waals surface area contributed by atoms with E-state index in [2.05, 4.69) is 21.6 Å². The number of benzene rings is 2. The smallest absolute Gasteiger partial charge is 0.246 e. The van der Waals surface area contributed by atoms with E-state index in [4.69, 9.17) is 5.73 Å². The van der Waals surface area contributed by atoms with Crippen LogP contribution in [0.25, 0.3) is 22.3 Å². The molecule has 0 saturated carbocycles. The maximum Gasteiger partial charge on any atom is 0.246 e. The molecule has 176 valence electrons. The first-order chi connectivity index (χ1) is 16.9. The molecule has 10 heteroatoms. The summed E-state index contributed by atoms with van der Waals surface area (Å²) in [6.07, 6.45) is 3.20. The summed E-state index contributed by atoms with van der Waals surface area (Å²) < 4.78 is 30.2. The van der Waals surface area contributed by atoms with Crippen molar-refractivity contribution < 1.29 is 18.4 Å². The zero-order chi connectivity index (χ0) is 24.7. The lowest BCUT2D eigenvalue weighted by molar-refractivity contribution is -0.125. The SMILES string of the molecule is C=CC(=O)N1CCC(n2nc(-c3ccc(C(=O)c4ccc(F)cc4)cc3F)c3c(N)ncnc32)C1. The van der Waals surface area contributed by atoms with Crippen LogP contribution in [-0.2, 0) is 4.79 Å². The molecule has 4 aromatic rings. The number of carbonyl (C=O) groups excluding carboxylic acids is 2. The number of amides is 1. The third-order valence-electron chi connectivity index (χ3n) is 6.11. The molecular formula is C25H20F2N6O2. The molecule has 1 atom stereocenters. The van der Waals surface area contributed by atoms with Crippen LogP contribution in [0.3, 0.4) is 0 Å². The van der Waals surface area contributed by atoms with Crippen LogP contribution in [0.4, 0.5) is 14.6 Å². The average molecular weight is 474 g/mol. The Morgan fingerprint density at radius 1 is 1.09 bits per heavy atom. The van der Waals surface area contributed by atoms with Gasteiger partial charge in [-0.05, 0) is 48.9 Å². The Morgan fingerprint density at radius 2 is 1.83 bits per heavy atom. The maximum atomic E-state index is 15.3. The van der Waals surface area contributed by atoms with E-state index < -0.39 is 17.4 Å². The molecule has 1 fully saturated rings. The van der Waals surface area contributed by atoms with Crippen molar-refractivity contribution >= 4 is 28.5 Å². The van der Waals surface area contributed by atoms with Crippen molar-refractivity contribution in [1.29, 1.82) is 0 Å². The third-order valence-corrected chi connectivity index (χ3v) is 6.11. The number of nitrogens with zero attached hydrogens (tertiary/aromatic N) is 5. The van der Waals surface area contributed by atoms with Gasteiger partial charge < -0.3 is 10.6 Å². The molecule has 2 aromatic heterocycles. The number of halogens is 2. The third kappa shape index (κ3) is 3.92. The van der Waals surface area contributed by atoms with E-state index >= 15 is 4.39 Å². The Morgan fingerprint density at radius 3 is 2.54 bits per heavy atom. The molecule has 0 radical (unpaired) electrons. The van der Waals surface area contributed by atoms with E-state index in [1.165, 1.54) is 48.8 Å². The summed E-state index contributed by atoms with van der Waals surface area (Å²) in [5.74, 6) is -1.62. The van der Waals surface area contributed by atoms with Gasteiger partial charge in [-0.1, -0.05) is 12.6 Å². The fourth-order valence-corrected chi connectivity index (χ4v) is 4.33. The van der Waals surface area contributed by atoms with Crippen molar-refractivity contribution in [2.45, 2.75) is 12.5 Å². The number of hydrogen-bond acceptors (Lipinski definition) is 6. The molecule has 0 aliphatic carbocycles. The molecule has 0 spiro atoms. The van der Waals surface area contributed by atoms with Crippen LogP contribution in [0.15, 0.2) is 61.4 Å². The second-order valence-corrected chi connectivity index (χ2v) is 8.21. The normalized spacial score (nSPS) is 15.5. The monoisotopic (exact) mass is 474 g/mol. The Kier molecular flexibility index (Phi) is 5.56. The quantitative estimate of drug-likeness (QED) is 0.350. The molecule has 1 amide bonds. The molecule has 1 saturated heterocycles. The van der Waals surface area contributed by atoms with Crippen LogP contribution in [0, 0.1) is 11.6 Å². The number of carbonyl (C=O) groups is 2. The fraction of sp³-hybridized carbons (Fsp3) is 0.160. The van der Waals surface area contributed by atoms with Crippen molar-refractivity contribution in [3.63, 3.8) is 0 Å². The number of hydrogen-bond donors (Lipinski definition) is 1. The van der Waals surface area contributed by atoms with Crippen LogP contribution in [0.5, 0.6) is 0 Å². The van der Waals surface area contributed by atoms with Gasteiger partial charge in [-0.25, -0.2) is 23.4 Å². The van der Waals surface area contributed by atoms with Crippen LogP contribution in [-0.4, -0.2) is 49.4 Å². The van der Waals surface area contributed by atoms with Crippen molar-refractivity contribution in [3.8, 4) is 11.3 Å². The fourth-order valence-electron chi connectivity index (χ4n) is 4.33. The van der Waals surface area contributed by atoms with Crippen molar-refractivity contribution in [2.24, 2.45) is 0 Å². The molecule has 8 nitrogen and oxygen atoms in total. The molecule has 5 rings (SSSR count). The standard InChI is InChI=1S/C25H20F2N6O2/c1-2-20(34)32-10-9-17(12-32)33-25-21(24(28)29-13-30-25)22(31-33)18-8-5-15(11-19(18)27)23(35)14-3-6-16(26)7-4-14/h2-8,11,13,17H,1,9-10,12H2,(H2,28,29,30). The minimum Gasteiger partial charge on any atom is -0.383 e. The van der Waals surface area contributed by atoms with E-state index in [9.17, 15) is 14.0 Å². The minimum absolute atomic E-state index is 0.111. The predicted molar refractivity (Wildman–Crippen MR) is 125 cm³/mol. The van der Waals surface area contributed by atoms with Crippen molar-refractivity contribution in [1.82, 2.24) is 24.6 Å². The van der Waals surface area contributed by atoms with Gasteiger partial charge in [0, 0.05) is 29.8 Å². The number of fused-ring (bicyclic) bond motifs is 1. The van der Waals surface area contributed by atoms with Gasteiger partial charge in [0.1, 0.15) is 29.5 Å². The lowest BCUT2D eigenvalue weighted by Gasteiger charge is -2.14. The second kappa shape index (κ2) is 8.71. The number of nitrogen functional groups attached to an aromatic ring is 1. The van der Waals surface area contributed by atoms with Crippen LogP contribution in [0.2, 0.25) is 0 Å². The van der Waals surface area contributed by atoms with E-state index in [1.54, 1.807) is 9.58 Å². The summed E-state index contributed by atoms with van der Waals surface area (Å²) in [6.45, 7) is 4.46. The van der Waals surface area contributed by atoms with E-state index in [1.807, 2.05) is 0 Å². The molecule has 0 bridgehead atoms. The van der Waals surface area contributed by atoms with Crippen molar-refractivity contribution in [2.75, 3.05) is 18.8 Å². The predicted octanol–water partition coefficient (Wildman–Crippen LogP) is 3.54. The summed E-state index contributed by atoms with van der Waals surface area (Å²) in [5, 5.41) is 5.02. The first kappa shape index (κ1) is 22.3. The number of ketones is 1. The lowest BCUT2D eigenvalue weighted by atomic mass is 10.00. The number of likely N-dealkylation sites (tertiary alicyclic amines) is 1. The highest BCUT2D eigenvalue weighted by atomic mass is 19.1. The summed E-state index contributed by atoms with van der Waals surface area (Å²) in [4.78, 5) is 34.8. The van der Waals surface area contributed by atoms with Gasteiger partial charge >= 0.3 is 0 Å². The minimum atomic E-state index is -0.678. The first-order valence-electron chi connectivity index (χ1n) is 10.9. The van der Waals surface area contributed by atoms with Gasteiger partial charge in [0.25, 0.3) is 0 Å². The average Bonchev–Trinajstić information content (AvgIpc) is 3.49. The zero-order valence-corrected chi connectivity index (χ0v) is 18.5. The number of anilines is 1. The van der Waals surface area contributed by atoms with Gasteiger partial charge in [0.05, 0.1) is 11.4 Å². The maximum absolute atomic E-state index is 15.3. The highest BCUT2D eigenvalue weighted by Crippen LogP contribution is 2.35. The highest BCUT2D eigenvalue weighted by molar-refractivity contribution is 6.09. The second-order valence-electron chi connectivity index (χ2n) is 8.21. The Bertz CT molecular complexity index is 1480. The zero-order valence-electron chi connectivity index (χ0n) is 18.5. The largest absolute Gasteiger partial charge is 0.383 e. The molecule has 35 heavy (non-hydrogen) atoms. The Balaban J connectivity index is 1.55. The molecule has 2 N–H and O–H groups in total. The number of rotatable bonds is 5. The van der Waals surface area contributed by atoms with Gasteiger partial charge in [-0.2, -0.15) is 5.10 Å². The first-order valence-corrected chi connectivity index (χ1v) is 10.9. The van der Waals surface area contributed by atoms with Crippen LogP contribution in [0.1, 0.15) is 28.4 Å². The lowest BCUT2D eigenvalue weighted by Crippen LogP contribution is -2.27. The molecule has 1 aliphatic heterocycles. The van der Waals surface area contributed by atoms with Gasteiger partial charge in [-0.3, -0.25) is 9.59 Å². The van der Waals surface area contributed by atoms with Crippen molar-refractivity contribution in [3.05, 3.63) is 84.2 Å². The van der Waals surface area contributed by atoms with Gasteiger partial charge in [0.15, 0.2) is 11.4 Å². The van der Waals surface area contributed by atoms with Crippen LogP contribution >= 0.6 is 0 Å². The summed E-state index contributed by atoms with van der Waals surface area (Å²) in [6, 6.07) is 8.90. The van der Waals surface area contributed by atoms with E-state index in [0.717, 1.165) is 6.07 Å². The number of nitrogens with two attached hydrogens (primary N) is 1. The Labute approximate surface area is 198 Å². The number of aromatic nitrogens is 4. The molecule has 3 heterocycles.